The van der Waals surface area contributed by atoms with Crippen LogP contribution in [0.3, 0.4) is 0 Å². The third-order valence-electron chi connectivity index (χ3n) is 3.45. The van der Waals surface area contributed by atoms with E-state index in [4.69, 9.17) is 0 Å². The Balaban J connectivity index is 2.10. The fourth-order valence-corrected chi connectivity index (χ4v) is 2.56. The van der Waals surface area contributed by atoms with Gasteiger partial charge in [0.15, 0.2) is 0 Å². The average Bonchev–Trinajstić information content (AvgIpc) is 2.53. The molecule has 2 aromatic carbocycles. The first-order chi connectivity index (χ1) is 10.2. The minimum absolute atomic E-state index is 0.0551. The highest BCUT2D eigenvalue weighted by Gasteiger charge is 2.09. The van der Waals surface area contributed by atoms with Gasteiger partial charge in [0.05, 0.1) is 0 Å². The second-order valence-electron chi connectivity index (χ2n) is 4.76. The predicted molar refractivity (Wildman–Crippen MR) is 90.1 cm³/mol. The van der Waals surface area contributed by atoms with E-state index in [1.165, 1.54) is 10.5 Å². The highest BCUT2D eigenvalue weighted by Crippen LogP contribution is 2.20. The number of benzene rings is 2. The topological polar surface area (TPSA) is 41.1 Å². The summed E-state index contributed by atoms with van der Waals surface area (Å²) in [6, 6.07) is 14.2. The molecule has 1 amide bonds. The molecule has 21 heavy (non-hydrogen) atoms. The molecule has 0 bridgehead atoms. The summed E-state index contributed by atoms with van der Waals surface area (Å²) in [5.41, 5.74) is 3.89. The van der Waals surface area contributed by atoms with E-state index < -0.39 is 0 Å². The predicted octanol–water partition coefficient (Wildman–Crippen LogP) is 3.69. The van der Waals surface area contributed by atoms with Crippen molar-refractivity contribution < 1.29 is 4.79 Å². The minimum Gasteiger partial charge on any atom is -0.381 e. The van der Waals surface area contributed by atoms with Gasteiger partial charge in [-0.05, 0) is 48.6 Å². The summed E-state index contributed by atoms with van der Waals surface area (Å²) in [5, 5.41) is 6.07. The molecule has 0 atom stereocenters. The van der Waals surface area contributed by atoms with Gasteiger partial charge in [-0.1, -0.05) is 18.2 Å². The van der Waals surface area contributed by atoms with Gasteiger partial charge in [0.25, 0.3) is 5.91 Å². The zero-order valence-electron chi connectivity index (χ0n) is 12.6. The molecule has 0 saturated heterocycles. The Morgan fingerprint density at radius 1 is 1.14 bits per heavy atom. The number of thioether (sulfide) groups is 1. The Morgan fingerprint density at radius 3 is 2.48 bits per heavy atom. The van der Waals surface area contributed by atoms with E-state index >= 15 is 0 Å². The Kier molecular flexibility index (Phi) is 5.28. The van der Waals surface area contributed by atoms with E-state index in [2.05, 4.69) is 41.2 Å². The average molecular weight is 300 g/mol. The molecule has 0 saturated carbocycles. The first-order valence-electron chi connectivity index (χ1n) is 6.84. The number of amides is 1. The van der Waals surface area contributed by atoms with Gasteiger partial charge in [0.1, 0.15) is 0 Å². The highest BCUT2D eigenvalue weighted by molar-refractivity contribution is 7.98. The van der Waals surface area contributed by atoms with Crippen LogP contribution in [-0.2, 0) is 6.54 Å². The maximum atomic E-state index is 11.8. The Hall–Kier alpha value is -1.94. The van der Waals surface area contributed by atoms with Gasteiger partial charge in [-0.15, -0.1) is 11.8 Å². The largest absolute Gasteiger partial charge is 0.381 e. The van der Waals surface area contributed by atoms with Crippen molar-refractivity contribution in [2.45, 2.75) is 18.4 Å². The van der Waals surface area contributed by atoms with Crippen molar-refractivity contribution in [3.8, 4) is 0 Å². The fraction of sp³-hybridized carbons (Fsp3) is 0.235. The maximum Gasteiger partial charge on any atom is 0.251 e. The zero-order chi connectivity index (χ0) is 15.2. The normalized spacial score (nSPS) is 10.2. The summed E-state index contributed by atoms with van der Waals surface area (Å²) in [6.07, 6.45) is 2.07. The summed E-state index contributed by atoms with van der Waals surface area (Å²) < 4.78 is 0. The molecule has 0 spiro atoms. The highest BCUT2D eigenvalue weighted by atomic mass is 32.2. The number of rotatable bonds is 5. The van der Waals surface area contributed by atoms with E-state index in [1.54, 1.807) is 18.8 Å². The molecule has 0 heterocycles. The number of anilines is 1. The first kappa shape index (κ1) is 15.4. The van der Waals surface area contributed by atoms with Crippen LogP contribution < -0.4 is 10.6 Å². The summed E-state index contributed by atoms with van der Waals surface area (Å²) >= 11 is 1.74. The van der Waals surface area contributed by atoms with Gasteiger partial charge >= 0.3 is 0 Å². The van der Waals surface area contributed by atoms with Crippen LogP contribution in [0.1, 0.15) is 21.5 Å². The molecule has 2 aromatic rings. The van der Waals surface area contributed by atoms with Crippen LogP contribution in [0.4, 0.5) is 5.69 Å². The van der Waals surface area contributed by atoms with E-state index in [9.17, 15) is 4.79 Å². The van der Waals surface area contributed by atoms with Crippen molar-refractivity contribution in [2.24, 2.45) is 0 Å². The molecule has 3 nitrogen and oxygen atoms in total. The van der Waals surface area contributed by atoms with E-state index in [0.717, 1.165) is 17.8 Å². The van der Waals surface area contributed by atoms with Gasteiger partial charge < -0.3 is 10.6 Å². The third-order valence-corrected chi connectivity index (χ3v) is 4.19. The van der Waals surface area contributed by atoms with Crippen LogP contribution in [0, 0.1) is 6.92 Å². The van der Waals surface area contributed by atoms with Crippen LogP contribution in [0.25, 0.3) is 0 Å². The van der Waals surface area contributed by atoms with E-state index in [1.807, 2.05) is 25.1 Å². The van der Waals surface area contributed by atoms with Crippen LogP contribution in [-0.4, -0.2) is 19.2 Å². The number of hydrogen-bond donors (Lipinski definition) is 2. The quantitative estimate of drug-likeness (QED) is 0.828. The van der Waals surface area contributed by atoms with Crippen LogP contribution in [0.15, 0.2) is 47.4 Å². The lowest BCUT2D eigenvalue weighted by Crippen LogP contribution is -2.19. The minimum atomic E-state index is -0.0551. The molecular formula is C17H20N2OS. The molecular weight excluding hydrogens is 280 g/mol. The van der Waals surface area contributed by atoms with E-state index in [-0.39, 0.29) is 5.91 Å². The summed E-state index contributed by atoms with van der Waals surface area (Å²) in [6.45, 7) is 2.70. The Labute approximate surface area is 130 Å². The van der Waals surface area contributed by atoms with Gasteiger partial charge in [-0.2, -0.15) is 0 Å². The van der Waals surface area contributed by atoms with Crippen LogP contribution in [0.5, 0.6) is 0 Å². The molecule has 4 heteroatoms. The maximum absolute atomic E-state index is 11.8. The standard InChI is InChI=1S/C17H20N2OS/c1-12-15(17(20)18-2)5-4-6-16(12)19-11-13-7-9-14(21-3)10-8-13/h4-10,19H,11H2,1-3H3,(H,18,20). The van der Waals surface area contributed by atoms with Gasteiger partial charge in [-0.3, -0.25) is 4.79 Å². The second kappa shape index (κ2) is 7.18. The monoisotopic (exact) mass is 300 g/mol. The van der Waals surface area contributed by atoms with Crippen molar-refractivity contribution in [2.75, 3.05) is 18.6 Å². The van der Waals surface area contributed by atoms with Crippen molar-refractivity contribution in [3.05, 3.63) is 59.2 Å². The lowest BCUT2D eigenvalue weighted by molar-refractivity contribution is 0.0962. The second-order valence-corrected chi connectivity index (χ2v) is 5.64. The lowest BCUT2D eigenvalue weighted by Gasteiger charge is -2.13. The Bertz CT molecular complexity index is 623. The fourth-order valence-electron chi connectivity index (χ4n) is 2.15. The van der Waals surface area contributed by atoms with Crippen molar-refractivity contribution in [1.29, 1.82) is 0 Å². The molecule has 0 radical (unpaired) electrons. The first-order valence-corrected chi connectivity index (χ1v) is 8.06. The van der Waals surface area contributed by atoms with Gasteiger partial charge in [0.2, 0.25) is 0 Å². The number of carbonyl (C=O) groups is 1. The molecule has 0 fully saturated rings. The molecule has 2 rings (SSSR count). The number of hydrogen-bond acceptors (Lipinski definition) is 3. The van der Waals surface area contributed by atoms with Crippen molar-refractivity contribution >= 4 is 23.4 Å². The molecule has 0 aromatic heterocycles. The number of carbonyl (C=O) groups excluding carboxylic acids is 1. The summed E-state index contributed by atoms with van der Waals surface area (Å²) in [4.78, 5) is 13.1. The van der Waals surface area contributed by atoms with Crippen molar-refractivity contribution in [1.82, 2.24) is 5.32 Å². The smallest absolute Gasteiger partial charge is 0.251 e. The Morgan fingerprint density at radius 2 is 1.86 bits per heavy atom. The van der Waals surface area contributed by atoms with Crippen LogP contribution in [0.2, 0.25) is 0 Å². The third kappa shape index (κ3) is 3.79. The SMILES string of the molecule is CNC(=O)c1cccc(NCc2ccc(SC)cc2)c1C. The van der Waals surface area contributed by atoms with E-state index in [0.29, 0.717) is 5.56 Å². The molecule has 110 valence electrons. The van der Waals surface area contributed by atoms with Crippen LogP contribution >= 0.6 is 11.8 Å². The zero-order valence-corrected chi connectivity index (χ0v) is 13.4. The number of nitrogens with one attached hydrogen (secondary N) is 2. The summed E-state index contributed by atoms with van der Waals surface area (Å²) in [7, 11) is 1.65. The van der Waals surface area contributed by atoms with Gasteiger partial charge in [0, 0.05) is 29.7 Å². The van der Waals surface area contributed by atoms with Gasteiger partial charge in [-0.25, -0.2) is 0 Å². The molecule has 0 aliphatic heterocycles. The molecule has 0 unspecified atom stereocenters. The molecule has 2 N–H and O–H groups in total. The molecule has 0 aliphatic carbocycles. The molecule has 0 aliphatic rings. The summed E-state index contributed by atoms with van der Waals surface area (Å²) in [5.74, 6) is -0.0551. The lowest BCUT2D eigenvalue weighted by atomic mass is 10.1. The van der Waals surface area contributed by atoms with Crippen molar-refractivity contribution in [3.63, 3.8) is 0 Å².